The lowest BCUT2D eigenvalue weighted by atomic mass is 9.95. The third-order valence-corrected chi connectivity index (χ3v) is 4.49. The normalized spacial score (nSPS) is 18.2. The van der Waals surface area contributed by atoms with Crippen molar-refractivity contribution >= 4 is 16.7 Å². The maximum Gasteiger partial charge on any atom is 0.175 e. The zero-order valence-electron chi connectivity index (χ0n) is 12.3. The van der Waals surface area contributed by atoms with Gasteiger partial charge in [0.05, 0.1) is 5.54 Å². The second kappa shape index (κ2) is 6.43. The molecule has 1 heterocycles. The highest BCUT2D eigenvalue weighted by atomic mass is 32.2. The summed E-state index contributed by atoms with van der Waals surface area (Å²) in [6.07, 6.45) is 1.73. The molecule has 1 aliphatic heterocycles. The van der Waals surface area contributed by atoms with E-state index in [-0.39, 0.29) is 11.8 Å². The Morgan fingerprint density at radius 2 is 2.14 bits per heavy atom. The van der Waals surface area contributed by atoms with Crippen LogP contribution in [0.5, 0.6) is 0 Å². The maximum atomic E-state index is 13.9. The Labute approximate surface area is 126 Å². The number of aliphatic imine (C=N–C) groups is 1. The van der Waals surface area contributed by atoms with Crippen LogP contribution in [0.1, 0.15) is 32.3 Å². The lowest BCUT2D eigenvalue weighted by molar-refractivity contribution is 0.490. The molecule has 1 aliphatic rings. The van der Waals surface area contributed by atoms with Gasteiger partial charge in [0.1, 0.15) is 5.82 Å². The summed E-state index contributed by atoms with van der Waals surface area (Å²) in [7, 11) is -1.51. The smallest absolute Gasteiger partial charge is 0.175 e. The molecule has 0 aromatic heterocycles. The molecule has 116 valence electrons. The number of hydrogen-bond acceptors (Lipinski definition) is 4. The van der Waals surface area contributed by atoms with E-state index in [4.69, 9.17) is 5.73 Å². The monoisotopic (exact) mass is 311 g/mol. The molecule has 0 radical (unpaired) electrons. The van der Waals surface area contributed by atoms with Crippen molar-refractivity contribution in [2.45, 2.75) is 32.2 Å². The Bertz CT molecular complexity index is 623. The fraction of sp³-hybridized carbons (Fsp3) is 0.500. The van der Waals surface area contributed by atoms with Crippen LogP contribution in [0.3, 0.4) is 0 Å². The first kappa shape index (κ1) is 15.8. The molecule has 0 aliphatic carbocycles. The summed E-state index contributed by atoms with van der Waals surface area (Å²) < 4.78 is 31.4. The van der Waals surface area contributed by atoms with Crippen LogP contribution >= 0.6 is 0 Å². The van der Waals surface area contributed by atoms with Gasteiger partial charge in [-0.1, -0.05) is 29.0 Å². The molecule has 0 unspecified atom stereocenters. The number of hydrogen-bond donors (Lipinski definition) is 1. The molecular weight excluding hydrogens is 291 g/mol. The first-order valence-electron chi connectivity index (χ1n) is 6.89. The molecule has 0 amide bonds. The highest BCUT2D eigenvalue weighted by molar-refractivity contribution is 7.72. The van der Waals surface area contributed by atoms with Gasteiger partial charge in [0.2, 0.25) is 0 Å². The topological polar surface area (TPSA) is 71.0 Å². The van der Waals surface area contributed by atoms with Crippen molar-refractivity contribution in [3.63, 3.8) is 0 Å². The third-order valence-electron chi connectivity index (χ3n) is 3.34. The summed E-state index contributed by atoms with van der Waals surface area (Å²) in [5.74, 6) is -0.201. The third kappa shape index (κ3) is 3.72. The summed E-state index contributed by atoms with van der Waals surface area (Å²) in [6, 6.07) is 6.45. The molecule has 0 saturated heterocycles. The van der Waals surface area contributed by atoms with Gasteiger partial charge in [0.15, 0.2) is 5.96 Å². The number of rotatable bonds is 2. The van der Waals surface area contributed by atoms with Gasteiger partial charge in [0.25, 0.3) is 0 Å². The summed E-state index contributed by atoms with van der Waals surface area (Å²) >= 11 is 0. The van der Waals surface area contributed by atoms with Crippen molar-refractivity contribution in [3.8, 4) is 0 Å². The largest absolute Gasteiger partial charge is 0.424 e. The molecule has 1 aromatic carbocycles. The highest BCUT2D eigenvalue weighted by Gasteiger charge is 2.24. The fourth-order valence-electron chi connectivity index (χ4n) is 2.21. The van der Waals surface area contributed by atoms with Crippen molar-refractivity contribution in [2.75, 3.05) is 13.1 Å². The molecule has 0 bridgehead atoms. The number of nitrogens with zero attached hydrogens (tertiary/aromatic N) is 3. The van der Waals surface area contributed by atoms with Crippen molar-refractivity contribution in [1.29, 1.82) is 0 Å². The summed E-state index contributed by atoms with van der Waals surface area (Å²) in [5, 5.41) is 0. The molecule has 21 heavy (non-hydrogen) atoms. The summed E-state index contributed by atoms with van der Waals surface area (Å²) in [4.78, 5) is 4.38. The Hall–Kier alpha value is -1.63. The van der Waals surface area contributed by atoms with Gasteiger partial charge < -0.3 is 18.6 Å². The predicted octanol–water partition coefficient (Wildman–Crippen LogP) is 2.53. The second-order valence-electron chi connectivity index (χ2n) is 5.40. The molecule has 5 nitrogen and oxygen atoms in total. The van der Waals surface area contributed by atoms with Crippen LogP contribution in [0.15, 0.2) is 33.6 Å². The van der Waals surface area contributed by atoms with Gasteiger partial charge in [0, 0.05) is 18.7 Å². The molecule has 0 atom stereocenters. The van der Waals surface area contributed by atoms with Crippen molar-refractivity contribution in [1.82, 2.24) is 4.31 Å². The van der Waals surface area contributed by atoms with E-state index in [0.29, 0.717) is 18.7 Å². The van der Waals surface area contributed by atoms with Gasteiger partial charge in [-0.3, -0.25) is 0 Å². The Kier molecular flexibility index (Phi) is 4.82. The highest BCUT2D eigenvalue weighted by Crippen LogP contribution is 2.27. The number of benzene rings is 1. The van der Waals surface area contributed by atoms with Crippen molar-refractivity contribution in [2.24, 2.45) is 15.1 Å². The Morgan fingerprint density at radius 1 is 1.43 bits per heavy atom. The van der Waals surface area contributed by atoms with E-state index in [2.05, 4.69) is 9.36 Å². The van der Waals surface area contributed by atoms with Crippen molar-refractivity contribution in [3.05, 3.63) is 35.6 Å². The molecule has 1 aromatic rings. The van der Waals surface area contributed by atoms with Gasteiger partial charge >= 0.3 is 0 Å². The van der Waals surface area contributed by atoms with E-state index < -0.39 is 16.3 Å². The maximum absolute atomic E-state index is 13.9. The summed E-state index contributed by atoms with van der Waals surface area (Å²) in [6.45, 7) is 4.65. The standard InChI is InChI=1S/C14H20FN4OS/c1-14(2,11-7-3-4-8-12(11)15)18-13(16)19-10-6-5-9-17-21(19)20/h3-4,7-8H,5-6,9-10H2,1-2H3,(H2,16,18)/q-1. The van der Waals surface area contributed by atoms with Gasteiger partial charge in [-0.05, 0) is 32.8 Å². The molecular formula is C14H20FN4OS-. The first-order valence-corrected chi connectivity index (χ1v) is 7.95. The predicted molar refractivity (Wildman–Crippen MR) is 82.3 cm³/mol. The van der Waals surface area contributed by atoms with Gasteiger partial charge in [-0.25, -0.2) is 9.38 Å². The van der Waals surface area contributed by atoms with Crippen LogP contribution in [0.4, 0.5) is 4.39 Å². The summed E-state index contributed by atoms with van der Waals surface area (Å²) in [5.41, 5.74) is 5.59. The van der Waals surface area contributed by atoms with Crippen LogP contribution in [0, 0.1) is 5.82 Å². The molecule has 0 spiro atoms. The average molecular weight is 311 g/mol. The Balaban J connectivity index is 2.32. The van der Waals surface area contributed by atoms with E-state index in [1.165, 1.54) is 10.4 Å². The molecule has 0 saturated carbocycles. The zero-order chi connectivity index (χ0) is 15.5. The minimum atomic E-state index is -1.51. The van der Waals surface area contributed by atoms with E-state index in [9.17, 15) is 8.60 Å². The molecule has 2 N–H and O–H groups in total. The average Bonchev–Trinajstić information content (AvgIpc) is 2.63. The lowest BCUT2D eigenvalue weighted by Gasteiger charge is -2.29. The van der Waals surface area contributed by atoms with Crippen LogP contribution in [0.25, 0.3) is 0 Å². The Morgan fingerprint density at radius 3 is 2.86 bits per heavy atom. The van der Waals surface area contributed by atoms with Crippen LogP contribution in [0.2, 0.25) is 0 Å². The minimum absolute atomic E-state index is 0.132. The quantitative estimate of drug-likeness (QED) is 0.518. The lowest BCUT2D eigenvalue weighted by Crippen LogP contribution is -2.38. The van der Waals surface area contributed by atoms with E-state index in [1.807, 2.05) is 0 Å². The number of halogens is 1. The molecule has 7 heteroatoms. The van der Waals surface area contributed by atoms with E-state index >= 15 is 0 Å². The first-order chi connectivity index (χ1) is 9.92. The van der Waals surface area contributed by atoms with Crippen LogP contribution < -0.4 is 5.73 Å². The fourth-order valence-corrected chi connectivity index (χ4v) is 3.12. The van der Waals surface area contributed by atoms with Crippen LogP contribution in [-0.2, 0) is 20.5 Å². The van der Waals surface area contributed by atoms with Crippen LogP contribution in [-0.4, -0.2) is 23.4 Å². The second-order valence-corrected chi connectivity index (χ2v) is 6.56. The van der Waals surface area contributed by atoms with Gasteiger partial charge in [-0.15, -0.1) is 0 Å². The van der Waals surface area contributed by atoms with Gasteiger partial charge in [-0.2, -0.15) is 0 Å². The van der Waals surface area contributed by atoms with E-state index in [1.54, 1.807) is 32.0 Å². The zero-order valence-corrected chi connectivity index (χ0v) is 13.1. The SMILES string of the molecule is CC(C)(N=C(N)N1CCCCN=[S-]1=O)c1ccccc1F. The minimum Gasteiger partial charge on any atom is -0.424 e. The number of guanidine groups is 1. The van der Waals surface area contributed by atoms with E-state index in [0.717, 1.165) is 12.8 Å². The number of nitrogens with two attached hydrogens (primary N) is 1. The molecule has 0 fully saturated rings. The van der Waals surface area contributed by atoms with Crippen molar-refractivity contribution < 1.29 is 8.60 Å². The molecule has 2 rings (SSSR count).